The molecule has 0 heterocycles. The summed E-state index contributed by atoms with van der Waals surface area (Å²) in [6.45, 7) is 3.89. The fourth-order valence-electron chi connectivity index (χ4n) is 0.959. The van der Waals surface area contributed by atoms with Crippen molar-refractivity contribution < 1.29 is 4.39 Å². The van der Waals surface area contributed by atoms with Gasteiger partial charge in [-0.3, -0.25) is 0 Å². The van der Waals surface area contributed by atoms with Crippen LogP contribution in [0.15, 0.2) is 0 Å². The Labute approximate surface area is 50.1 Å². The largest absolute Gasteiger partial charge is 0.247 e. The first-order chi connectivity index (χ1) is 3.72. The lowest BCUT2D eigenvalue weighted by Gasteiger charge is -2.08. The van der Waals surface area contributed by atoms with Crippen LogP contribution >= 0.6 is 0 Å². The van der Waals surface area contributed by atoms with E-state index in [1.165, 1.54) is 0 Å². The van der Waals surface area contributed by atoms with Gasteiger partial charge in [0.1, 0.15) is 6.17 Å². The first-order valence-corrected chi connectivity index (χ1v) is 3.36. The van der Waals surface area contributed by atoms with Crippen LogP contribution < -0.4 is 0 Å². The van der Waals surface area contributed by atoms with Gasteiger partial charge in [0.15, 0.2) is 0 Å². The maximum Gasteiger partial charge on any atom is 0.105 e. The van der Waals surface area contributed by atoms with Crippen LogP contribution in [0.4, 0.5) is 4.39 Å². The summed E-state index contributed by atoms with van der Waals surface area (Å²) >= 11 is 0. The fourth-order valence-corrected chi connectivity index (χ4v) is 0.959. The molecule has 1 aliphatic carbocycles. The number of hydrogen-bond acceptors (Lipinski definition) is 0. The first-order valence-electron chi connectivity index (χ1n) is 3.36. The fraction of sp³-hybridized carbons (Fsp3) is 1.00. The predicted octanol–water partition coefficient (Wildman–Crippen LogP) is 2.39. The molecule has 0 N–H and O–H groups in total. The van der Waals surface area contributed by atoms with E-state index in [0.29, 0.717) is 5.92 Å². The van der Waals surface area contributed by atoms with Gasteiger partial charge in [-0.15, -0.1) is 0 Å². The van der Waals surface area contributed by atoms with Gasteiger partial charge >= 0.3 is 0 Å². The minimum atomic E-state index is -0.519. The molecule has 1 aliphatic rings. The molecule has 0 aromatic carbocycles. The third-order valence-corrected chi connectivity index (χ3v) is 1.71. The number of rotatable bonds is 2. The molecule has 1 saturated carbocycles. The standard InChI is InChI=1S/C7H13F/c1-5(2)7(8)6-3-4-6/h5-7H,3-4H2,1-2H3. The Bertz CT molecular complexity index is 72.5. The molecule has 0 amide bonds. The van der Waals surface area contributed by atoms with Crippen LogP contribution in [0, 0.1) is 11.8 Å². The molecule has 1 unspecified atom stereocenters. The Hall–Kier alpha value is -0.0700. The third kappa shape index (κ3) is 1.21. The van der Waals surface area contributed by atoms with Crippen LogP contribution in [0.25, 0.3) is 0 Å². The quantitative estimate of drug-likeness (QED) is 0.519. The van der Waals surface area contributed by atoms with E-state index in [0.717, 1.165) is 12.8 Å². The average molecular weight is 116 g/mol. The Morgan fingerprint density at radius 1 is 1.38 bits per heavy atom. The number of hydrogen-bond donors (Lipinski definition) is 0. The molecule has 48 valence electrons. The molecule has 0 saturated heterocycles. The zero-order chi connectivity index (χ0) is 6.15. The van der Waals surface area contributed by atoms with Crippen molar-refractivity contribution in [3.8, 4) is 0 Å². The first kappa shape index (κ1) is 6.06. The summed E-state index contributed by atoms with van der Waals surface area (Å²) in [6, 6.07) is 0. The molecule has 0 aromatic heterocycles. The molecule has 1 heteroatoms. The molecule has 0 aliphatic heterocycles. The molecule has 0 nitrogen and oxygen atoms in total. The Balaban J connectivity index is 2.22. The lowest BCUT2D eigenvalue weighted by molar-refractivity contribution is 0.225. The van der Waals surface area contributed by atoms with Gasteiger partial charge in [0.25, 0.3) is 0 Å². The van der Waals surface area contributed by atoms with Gasteiger partial charge < -0.3 is 0 Å². The maximum absolute atomic E-state index is 12.7. The molecule has 1 rings (SSSR count). The zero-order valence-corrected chi connectivity index (χ0v) is 5.52. The van der Waals surface area contributed by atoms with Crippen molar-refractivity contribution in [1.82, 2.24) is 0 Å². The van der Waals surface area contributed by atoms with Crippen LogP contribution in [0.1, 0.15) is 26.7 Å². The summed E-state index contributed by atoms with van der Waals surface area (Å²) in [5.74, 6) is 0.664. The van der Waals surface area contributed by atoms with E-state index >= 15 is 0 Å². The van der Waals surface area contributed by atoms with Crippen LogP contribution in [0.3, 0.4) is 0 Å². The summed E-state index contributed by atoms with van der Waals surface area (Å²) in [6.07, 6.45) is 1.73. The van der Waals surface area contributed by atoms with Crippen molar-refractivity contribution in [2.45, 2.75) is 32.9 Å². The van der Waals surface area contributed by atoms with Crippen molar-refractivity contribution >= 4 is 0 Å². The van der Waals surface area contributed by atoms with Crippen LogP contribution in [0.5, 0.6) is 0 Å². The van der Waals surface area contributed by atoms with E-state index in [2.05, 4.69) is 0 Å². The van der Waals surface area contributed by atoms with E-state index in [9.17, 15) is 4.39 Å². The molecule has 0 aromatic rings. The van der Waals surface area contributed by atoms with Gasteiger partial charge in [0, 0.05) is 0 Å². The van der Waals surface area contributed by atoms with E-state index in [4.69, 9.17) is 0 Å². The SMILES string of the molecule is CC(C)C(F)C1CC1. The zero-order valence-electron chi connectivity index (χ0n) is 5.52. The average Bonchev–Trinajstić information content (AvgIpc) is 2.43. The molecule has 0 bridgehead atoms. The van der Waals surface area contributed by atoms with Crippen molar-refractivity contribution in [2.24, 2.45) is 11.8 Å². The smallest absolute Gasteiger partial charge is 0.105 e. The molecule has 1 atom stereocenters. The van der Waals surface area contributed by atoms with Gasteiger partial charge in [-0.2, -0.15) is 0 Å². The van der Waals surface area contributed by atoms with E-state index in [1.807, 2.05) is 13.8 Å². The number of alkyl halides is 1. The molecule has 1 fully saturated rings. The summed E-state index contributed by atoms with van der Waals surface area (Å²) < 4.78 is 12.7. The Morgan fingerprint density at radius 3 is 2.00 bits per heavy atom. The number of halogens is 1. The van der Waals surface area contributed by atoms with Crippen LogP contribution in [0.2, 0.25) is 0 Å². The highest BCUT2D eigenvalue weighted by atomic mass is 19.1. The monoisotopic (exact) mass is 116 g/mol. The maximum atomic E-state index is 12.7. The summed E-state index contributed by atoms with van der Waals surface area (Å²) in [7, 11) is 0. The topological polar surface area (TPSA) is 0 Å². The van der Waals surface area contributed by atoms with Crippen molar-refractivity contribution in [3.63, 3.8) is 0 Å². The lowest BCUT2D eigenvalue weighted by atomic mass is 10.1. The van der Waals surface area contributed by atoms with Gasteiger partial charge in [-0.1, -0.05) is 13.8 Å². The second kappa shape index (κ2) is 2.04. The second-order valence-electron chi connectivity index (χ2n) is 3.03. The Kier molecular flexibility index (Phi) is 1.54. The van der Waals surface area contributed by atoms with E-state index < -0.39 is 6.17 Å². The lowest BCUT2D eigenvalue weighted by Crippen LogP contribution is -2.10. The van der Waals surface area contributed by atoms with Crippen LogP contribution in [-0.2, 0) is 0 Å². The summed E-state index contributed by atoms with van der Waals surface area (Å²) in [4.78, 5) is 0. The van der Waals surface area contributed by atoms with Gasteiger partial charge in [-0.25, -0.2) is 4.39 Å². The highest BCUT2D eigenvalue weighted by Crippen LogP contribution is 2.37. The molecule has 0 radical (unpaired) electrons. The Morgan fingerprint density at radius 2 is 1.88 bits per heavy atom. The highest BCUT2D eigenvalue weighted by Gasteiger charge is 2.32. The van der Waals surface area contributed by atoms with Crippen LogP contribution in [-0.4, -0.2) is 6.17 Å². The molecular weight excluding hydrogens is 103 g/mol. The minimum absolute atomic E-state index is 0.238. The molecule has 8 heavy (non-hydrogen) atoms. The van der Waals surface area contributed by atoms with Gasteiger partial charge in [0.05, 0.1) is 0 Å². The van der Waals surface area contributed by atoms with Gasteiger partial charge in [0.2, 0.25) is 0 Å². The molecular formula is C7H13F. The van der Waals surface area contributed by atoms with Crippen molar-refractivity contribution in [3.05, 3.63) is 0 Å². The summed E-state index contributed by atoms with van der Waals surface area (Å²) in [5, 5.41) is 0. The second-order valence-corrected chi connectivity index (χ2v) is 3.03. The van der Waals surface area contributed by atoms with Crippen molar-refractivity contribution in [1.29, 1.82) is 0 Å². The normalized spacial score (nSPS) is 24.0. The van der Waals surface area contributed by atoms with E-state index in [-0.39, 0.29) is 5.92 Å². The third-order valence-electron chi connectivity index (χ3n) is 1.71. The van der Waals surface area contributed by atoms with E-state index in [1.54, 1.807) is 0 Å². The predicted molar refractivity (Wildman–Crippen MR) is 32.5 cm³/mol. The summed E-state index contributed by atoms with van der Waals surface area (Å²) in [5.41, 5.74) is 0. The molecule has 0 spiro atoms. The minimum Gasteiger partial charge on any atom is -0.247 e. The van der Waals surface area contributed by atoms with Crippen molar-refractivity contribution in [2.75, 3.05) is 0 Å². The highest BCUT2D eigenvalue weighted by molar-refractivity contribution is 4.82. The van der Waals surface area contributed by atoms with Gasteiger partial charge in [-0.05, 0) is 24.7 Å².